The molecule has 0 fully saturated rings. The third kappa shape index (κ3) is 3.71. The van der Waals surface area contributed by atoms with Crippen LogP contribution in [-0.4, -0.2) is 23.4 Å². The van der Waals surface area contributed by atoms with E-state index in [1.54, 1.807) is 42.5 Å². The van der Waals surface area contributed by atoms with Crippen LogP contribution in [0.2, 0.25) is 15.1 Å². The number of benzene rings is 2. The highest BCUT2D eigenvalue weighted by atomic mass is 35.5. The van der Waals surface area contributed by atoms with Crippen LogP contribution < -0.4 is 0 Å². The lowest BCUT2D eigenvalue weighted by atomic mass is 9.77. The van der Waals surface area contributed by atoms with Crippen LogP contribution in [0.15, 0.2) is 42.5 Å². The minimum Gasteiger partial charge on any atom is -0.395 e. The normalized spacial score (nSPS) is 11.7. The van der Waals surface area contributed by atoms with Gasteiger partial charge in [0, 0.05) is 20.5 Å². The molecule has 5 heteroatoms. The van der Waals surface area contributed by atoms with Gasteiger partial charge in [-0.25, -0.2) is 0 Å². The molecular formula is C16H15Cl3O2. The van der Waals surface area contributed by atoms with Crippen molar-refractivity contribution in [3.63, 3.8) is 0 Å². The Morgan fingerprint density at radius 3 is 1.95 bits per heavy atom. The van der Waals surface area contributed by atoms with Gasteiger partial charge in [0.25, 0.3) is 0 Å². The van der Waals surface area contributed by atoms with Crippen LogP contribution in [0.3, 0.4) is 0 Å². The van der Waals surface area contributed by atoms with E-state index in [-0.39, 0.29) is 13.2 Å². The van der Waals surface area contributed by atoms with Gasteiger partial charge in [-0.1, -0.05) is 46.9 Å². The molecule has 2 aromatic carbocycles. The first-order chi connectivity index (χ1) is 10.0. The van der Waals surface area contributed by atoms with E-state index in [4.69, 9.17) is 34.8 Å². The van der Waals surface area contributed by atoms with Crippen LogP contribution in [0.25, 0.3) is 0 Å². The summed E-state index contributed by atoms with van der Waals surface area (Å²) in [5, 5.41) is 21.4. The Kier molecular flexibility index (Phi) is 5.53. The summed E-state index contributed by atoms with van der Waals surface area (Å²) in [5.74, 6) is 0. The maximum atomic E-state index is 9.85. The van der Waals surface area contributed by atoms with Crippen LogP contribution in [0, 0.1) is 0 Å². The van der Waals surface area contributed by atoms with Gasteiger partial charge in [0.15, 0.2) is 0 Å². The van der Waals surface area contributed by atoms with Gasteiger partial charge in [-0.15, -0.1) is 0 Å². The smallest absolute Gasteiger partial charge is 0.0553 e. The van der Waals surface area contributed by atoms with E-state index >= 15 is 0 Å². The number of aliphatic hydroxyl groups is 2. The second kappa shape index (κ2) is 6.99. The minimum absolute atomic E-state index is 0.214. The largest absolute Gasteiger partial charge is 0.395 e. The summed E-state index contributed by atoms with van der Waals surface area (Å²) in [6, 6.07) is 12.2. The van der Waals surface area contributed by atoms with Crippen molar-refractivity contribution < 1.29 is 10.2 Å². The molecule has 0 saturated heterocycles. The van der Waals surface area contributed by atoms with E-state index in [1.165, 1.54) is 0 Å². The van der Waals surface area contributed by atoms with Crippen LogP contribution in [0.4, 0.5) is 0 Å². The first-order valence-electron chi connectivity index (χ1n) is 6.42. The highest BCUT2D eigenvalue weighted by Crippen LogP contribution is 2.32. The summed E-state index contributed by atoms with van der Waals surface area (Å²) >= 11 is 18.1. The first kappa shape index (κ1) is 16.6. The number of aliphatic hydroxyl groups excluding tert-OH is 2. The Bertz CT molecular complexity index is 607. The SMILES string of the molecule is OCC(CO)(Cc1cc(Cl)ccc1Cl)c1ccc(Cl)cc1. The van der Waals surface area contributed by atoms with Crippen molar-refractivity contribution in [3.05, 3.63) is 68.7 Å². The van der Waals surface area contributed by atoms with E-state index in [0.29, 0.717) is 21.5 Å². The topological polar surface area (TPSA) is 40.5 Å². The third-order valence-corrected chi connectivity index (χ3v) is 4.45. The summed E-state index contributed by atoms with van der Waals surface area (Å²) in [5.41, 5.74) is 0.744. The Hall–Kier alpha value is -0.770. The molecule has 0 amide bonds. The molecule has 0 bridgehead atoms. The number of halogens is 3. The predicted molar refractivity (Wildman–Crippen MR) is 87.5 cm³/mol. The van der Waals surface area contributed by atoms with E-state index in [2.05, 4.69) is 0 Å². The first-order valence-corrected chi connectivity index (χ1v) is 7.56. The van der Waals surface area contributed by atoms with Gasteiger partial charge in [0.1, 0.15) is 0 Å². The van der Waals surface area contributed by atoms with Gasteiger partial charge in [0.05, 0.1) is 13.2 Å². The van der Waals surface area contributed by atoms with E-state index in [9.17, 15) is 10.2 Å². The fraction of sp³-hybridized carbons (Fsp3) is 0.250. The van der Waals surface area contributed by atoms with Gasteiger partial charge in [-0.2, -0.15) is 0 Å². The van der Waals surface area contributed by atoms with Gasteiger partial charge in [-0.05, 0) is 47.9 Å². The van der Waals surface area contributed by atoms with Gasteiger partial charge < -0.3 is 10.2 Å². The molecule has 112 valence electrons. The van der Waals surface area contributed by atoms with E-state index in [0.717, 1.165) is 11.1 Å². The van der Waals surface area contributed by atoms with Gasteiger partial charge in [0.2, 0.25) is 0 Å². The van der Waals surface area contributed by atoms with Crippen LogP contribution in [-0.2, 0) is 11.8 Å². The molecule has 0 aromatic heterocycles. The second-order valence-corrected chi connectivity index (χ2v) is 6.30. The fourth-order valence-electron chi connectivity index (χ4n) is 2.29. The molecule has 0 spiro atoms. The predicted octanol–water partition coefficient (Wildman–Crippen LogP) is 4.11. The zero-order valence-electron chi connectivity index (χ0n) is 11.2. The monoisotopic (exact) mass is 344 g/mol. The molecule has 21 heavy (non-hydrogen) atoms. The zero-order valence-corrected chi connectivity index (χ0v) is 13.5. The molecule has 0 heterocycles. The minimum atomic E-state index is -0.834. The number of hydrogen-bond donors (Lipinski definition) is 2. The maximum Gasteiger partial charge on any atom is 0.0553 e. The van der Waals surface area contributed by atoms with E-state index < -0.39 is 5.41 Å². The number of hydrogen-bond acceptors (Lipinski definition) is 2. The molecule has 0 aliphatic carbocycles. The average molecular weight is 346 g/mol. The molecule has 2 N–H and O–H groups in total. The lowest BCUT2D eigenvalue weighted by molar-refractivity contribution is 0.116. The van der Waals surface area contributed by atoms with Crippen molar-refractivity contribution in [1.82, 2.24) is 0 Å². The molecule has 0 saturated carbocycles. The standard InChI is InChI=1S/C16H15Cl3O2/c17-13-3-1-12(2-4-13)16(9-20,10-21)8-11-7-14(18)5-6-15(11)19/h1-7,20-21H,8-10H2. The van der Waals surface area contributed by atoms with Crippen LogP contribution in [0.5, 0.6) is 0 Å². The lowest BCUT2D eigenvalue weighted by Gasteiger charge is -2.31. The Labute approximate surface area is 138 Å². The Morgan fingerprint density at radius 1 is 0.810 bits per heavy atom. The average Bonchev–Trinajstić information content (AvgIpc) is 2.49. The lowest BCUT2D eigenvalue weighted by Crippen LogP contribution is -2.37. The van der Waals surface area contributed by atoms with Gasteiger partial charge >= 0.3 is 0 Å². The number of rotatable bonds is 5. The second-order valence-electron chi connectivity index (χ2n) is 5.02. The molecule has 2 rings (SSSR count). The zero-order chi connectivity index (χ0) is 15.5. The van der Waals surface area contributed by atoms with Crippen LogP contribution in [0.1, 0.15) is 11.1 Å². The third-order valence-electron chi connectivity index (χ3n) is 3.60. The summed E-state index contributed by atoms with van der Waals surface area (Å²) in [6.45, 7) is -0.429. The fourth-order valence-corrected chi connectivity index (χ4v) is 2.80. The summed E-state index contributed by atoms with van der Waals surface area (Å²) in [7, 11) is 0. The van der Waals surface area contributed by atoms with Crippen molar-refractivity contribution in [3.8, 4) is 0 Å². The maximum absolute atomic E-state index is 9.85. The van der Waals surface area contributed by atoms with Crippen molar-refractivity contribution in [2.45, 2.75) is 11.8 Å². The molecule has 2 aromatic rings. The Morgan fingerprint density at radius 2 is 1.38 bits per heavy atom. The molecular weight excluding hydrogens is 331 g/mol. The van der Waals surface area contributed by atoms with Crippen molar-refractivity contribution >= 4 is 34.8 Å². The molecule has 0 unspecified atom stereocenters. The van der Waals surface area contributed by atoms with Gasteiger partial charge in [-0.3, -0.25) is 0 Å². The Balaban J connectivity index is 2.42. The molecule has 0 aliphatic rings. The highest BCUT2D eigenvalue weighted by Gasteiger charge is 2.32. The van der Waals surface area contributed by atoms with Crippen molar-refractivity contribution in [2.24, 2.45) is 0 Å². The van der Waals surface area contributed by atoms with Crippen molar-refractivity contribution in [2.75, 3.05) is 13.2 Å². The van der Waals surface area contributed by atoms with Crippen molar-refractivity contribution in [1.29, 1.82) is 0 Å². The molecule has 0 radical (unpaired) electrons. The molecule has 0 aliphatic heterocycles. The summed E-state index contributed by atoms with van der Waals surface area (Å²) < 4.78 is 0. The summed E-state index contributed by atoms with van der Waals surface area (Å²) in [4.78, 5) is 0. The quantitative estimate of drug-likeness (QED) is 0.856. The highest BCUT2D eigenvalue weighted by molar-refractivity contribution is 6.33. The summed E-state index contributed by atoms with van der Waals surface area (Å²) in [6.07, 6.45) is 0.376. The molecule has 2 nitrogen and oxygen atoms in total. The molecule has 0 atom stereocenters. The van der Waals surface area contributed by atoms with E-state index in [1.807, 2.05) is 0 Å². The van der Waals surface area contributed by atoms with Crippen LogP contribution >= 0.6 is 34.8 Å².